The molecule has 2 aromatic rings. The summed E-state index contributed by atoms with van der Waals surface area (Å²) >= 11 is 2.22. The molecule has 0 spiro atoms. The van der Waals surface area contributed by atoms with Gasteiger partial charge in [-0.05, 0) is 64.9 Å². The van der Waals surface area contributed by atoms with E-state index in [1.165, 1.54) is 19.2 Å². The number of aryl methyl sites for hydroxylation is 1. The second kappa shape index (κ2) is 6.89. The number of carbonyl (C=O) groups is 1. The van der Waals surface area contributed by atoms with Gasteiger partial charge >= 0.3 is 0 Å². The summed E-state index contributed by atoms with van der Waals surface area (Å²) in [6.45, 7) is 2.01. The van der Waals surface area contributed by atoms with Crippen molar-refractivity contribution < 1.29 is 13.9 Å². The highest BCUT2D eigenvalue weighted by Gasteiger charge is 2.08. The van der Waals surface area contributed by atoms with Gasteiger partial charge in [-0.15, -0.1) is 0 Å². The van der Waals surface area contributed by atoms with Gasteiger partial charge in [-0.2, -0.15) is 0 Å². The topological polar surface area (TPSA) is 38.3 Å². The molecule has 0 aliphatic carbocycles. The third-order valence-corrected chi connectivity index (χ3v) is 4.20. The number of carbonyl (C=O) groups excluding carboxylic acids is 1. The van der Waals surface area contributed by atoms with Crippen molar-refractivity contribution in [3.8, 4) is 5.75 Å². The van der Waals surface area contributed by atoms with E-state index in [0.29, 0.717) is 5.56 Å². The number of hydrogen-bond acceptors (Lipinski definition) is 2. The molecule has 0 unspecified atom stereocenters. The van der Waals surface area contributed by atoms with Crippen LogP contribution in [0.25, 0.3) is 0 Å². The first-order chi connectivity index (χ1) is 9.99. The SMILES string of the molecule is COc1ccc(CC(=O)Nc2ccc(C)c(I)c2)cc1F. The van der Waals surface area contributed by atoms with Gasteiger partial charge in [-0.25, -0.2) is 4.39 Å². The molecule has 110 valence electrons. The maximum Gasteiger partial charge on any atom is 0.228 e. The van der Waals surface area contributed by atoms with Crippen molar-refractivity contribution in [3.63, 3.8) is 0 Å². The zero-order valence-corrected chi connectivity index (χ0v) is 13.9. The molecule has 0 radical (unpaired) electrons. The third-order valence-electron chi connectivity index (χ3n) is 3.04. The molecular formula is C16H15FINO2. The fraction of sp³-hybridized carbons (Fsp3) is 0.188. The lowest BCUT2D eigenvalue weighted by atomic mass is 10.1. The van der Waals surface area contributed by atoms with Crippen LogP contribution in [0.5, 0.6) is 5.75 Å². The Kier molecular flexibility index (Phi) is 5.17. The molecule has 21 heavy (non-hydrogen) atoms. The number of ether oxygens (including phenoxy) is 1. The number of amides is 1. The molecule has 0 aromatic heterocycles. The van der Waals surface area contributed by atoms with E-state index in [1.54, 1.807) is 6.07 Å². The summed E-state index contributed by atoms with van der Waals surface area (Å²) in [5, 5.41) is 2.81. The van der Waals surface area contributed by atoms with Crippen molar-refractivity contribution in [1.29, 1.82) is 0 Å². The number of methoxy groups -OCH3 is 1. The Bertz CT molecular complexity index is 673. The fourth-order valence-electron chi connectivity index (χ4n) is 1.88. The van der Waals surface area contributed by atoms with Gasteiger partial charge in [0.2, 0.25) is 5.91 Å². The van der Waals surface area contributed by atoms with E-state index in [4.69, 9.17) is 4.74 Å². The molecular weight excluding hydrogens is 384 g/mol. The first-order valence-corrected chi connectivity index (χ1v) is 7.46. The molecule has 2 rings (SSSR count). The largest absolute Gasteiger partial charge is 0.494 e. The van der Waals surface area contributed by atoms with Gasteiger partial charge in [0, 0.05) is 9.26 Å². The first-order valence-electron chi connectivity index (χ1n) is 6.38. The van der Waals surface area contributed by atoms with Gasteiger partial charge in [-0.1, -0.05) is 12.1 Å². The molecule has 0 atom stereocenters. The Labute approximate surface area is 136 Å². The number of halogens is 2. The molecule has 0 aliphatic rings. The molecule has 0 fully saturated rings. The number of benzene rings is 2. The molecule has 2 aromatic carbocycles. The minimum atomic E-state index is -0.465. The number of hydrogen-bond donors (Lipinski definition) is 1. The van der Waals surface area contributed by atoms with E-state index < -0.39 is 5.82 Å². The number of rotatable bonds is 4. The van der Waals surface area contributed by atoms with E-state index in [0.717, 1.165) is 14.8 Å². The minimum Gasteiger partial charge on any atom is -0.494 e. The van der Waals surface area contributed by atoms with Crippen molar-refractivity contribution >= 4 is 34.2 Å². The third kappa shape index (κ3) is 4.17. The van der Waals surface area contributed by atoms with Gasteiger partial charge in [-0.3, -0.25) is 4.79 Å². The Balaban J connectivity index is 2.04. The van der Waals surface area contributed by atoms with E-state index in [-0.39, 0.29) is 18.1 Å². The van der Waals surface area contributed by atoms with Crippen LogP contribution in [0.4, 0.5) is 10.1 Å². The Morgan fingerprint density at radius 3 is 2.67 bits per heavy atom. The standard InChI is InChI=1S/C16H15FINO2/c1-10-3-5-12(9-14(10)18)19-16(20)8-11-4-6-15(21-2)13(17)7-11/h3-7,9H,8H2,1-2H3,(H,19,20). The van der Waals surface area contributed by atoms with E-state index in [9.17, 15) is 9.18 Å². The molecule has 3 nitrogen and oxygen atoms in total. The molecule has 5 heteroatoms. The number of nitrogens with one attached hydrogen (secondary N) is 1. The molecule has 1 N–H and O–H groups in total. The maximum atomic E-state index is 13.6. The lowest BCUT2D eigenvalue weighted by molar-refractivity contribution is -0.115. The Morgan fingerprint density at radius 2 is 2.05 bits per heavy atom. The van der Waals surface area contributed by atoms with Crippen LogP contribution in [0.3, 0.4) is 0 Å². The van der Waals surface area contributed by atoms with Crippen molar-refractivity contribution in [2.75, 3.05) is 12.4 Å². The average molecular weight is 399 g/mol. The zero-order valence-electron chi connectivity index (χ0n) is 11.7. The zero-order chi connectivity index (χ0) is 15.4. The van der Waals surface area contributed by atoms with Gasteiger partial charge in [0.1, 0.15) is 0 Å². The molecule has 1 amide bonds. The quantitative estimate of drug-likeness (QED) is 0.792. The monoisotopic (exact) mass is 399 g/mol. The predicted octanol–water partition coefficient (Wildman–Crippen LogP) is 3.93. The Morgan fingerprint density at radius 1 is 1.29 bits per heavy atom. The Hall–Kier alpha value is -1.63. The minimum absolute atomic E-state index is 0.116. The molecule has 0 saturated carbocycles. The van der Waals surface area contributed by atoms with Crippen LogP contribution in [0.1, 0.15) is 11.1 Å². The van der Waals surface area contributed by atoms with Crippen LogP contribution >= 0.6 is 22.6 Å². The van der Waals surface area contributed by atoms with Crippen molar-refractivity contribution in [3.05, 3.63) is 56.9 Å². The van der Waals surface area contributed by atoms with Crippen LogP contribution in [0.15, 0.2) is 36.4 Å². The average Bonchev–Trinajstić information content (AvgIpc) is 2.43. The van der Waals surface area contributed by atoms with E-state index >= 15 is 0 Å². The van der Waals surface area contributed by atoms with E-state index in [1.807, 2.05) is 25.1 Å². The van der Waals surface area contributed by atoms with Gasteiger partial charge in [0.25, 0.3) is 0 Å². The summed E-state index contributed by atoms with van der Waals surface area (Å²) in [5.74, 6) is -0.473. The predicted molar refractivity (Wildman–Crippen MR) is 89.2 cm³/mol. The normalized spacial score (nSPS) is 10.3. The highest BCUT2D eigenvalue weighted by molar-refractivity contribution is 14.1. The molecule has 0 bridgehead atoms. The summed E-state index contributed by atoms with van der Waals surface area (Å²) < 4.78 is 19.5. The van der Waals surface area contributed by atoms with Crippen LogP contribution in [0.2, 0.25) is 0 Å². The maximum absolute atomic E-state index is 13.6. The van der Waals surface area contributed by atoms with Gasteiger partial charge in [0.15, 0.2) is 11.6 Å². The summed E-state index contributed by atoms with van der Waals surface area (Å²) in [4.78, 5) is 12.0. The van der Waals surface area contributed by atoms with Crippen LogP contribution in [0, 0.1) is 16.3 Å². The van der Waals surface area contributed by atoms with E-state index in [2.05, 4.69) is 27.9 Å². The highest BCUT2D eigenvalue weighted by Crippen LogP contribution is 2.19. The molecule has 0 aliphatic heterocycles. The van der Waals surface area contributed by atoms with Crippen LogP contribution < -0.4 is 10.1 Å². The summed E-state index contributed by atoms with van der Waals surface area (Å²) in [6.07, 6.45) is 0.116. The van der Waals surface area contributed by atoms with Gasteiger partial charge < -0.3 is 10.1 Å². The smallest absolute Gasteiger partial charge is 0.228 e. The highest BCUT2D eigenvalue weighted by atomic mass is 127. The lowest BCUT2D eigenvalue weighted by Crippen LogP contribution is -2.14. The second-order valence-corrected chi connectivity index (χ2v) is 5.82. The fourth-order valence-corrected chi connectivity index (χ4v) is 2.40. The molecule has 0 heterocycles. The molecule has 0 saturated heterocycles. The second-order valence-electron chi connectivity index (χ2n) is 4.66. The van der Waals surface area contributed by atoms with Crippen molar-refractivity contribution in [2.24, 2.45) is 0 Å². The van der Waals surface area contributed by atoms with Crippen LogP contribution in [-0.2, 0) is 11.2 Å². The number of anilines is 1. The summed E-state index contributed by atoms with van der Waals surface area (Å²) in [5.41, 5.74) is 2.50. The van der Waals surface area contributed by atoms with Crippen LogP contribution in [-0.4, -0.2) is 13.0 Å². The van der Waals surface area contributed by atoms with Crippen molar-refractivity contribution in [1.82, 2.24) is 0 Å². The summed E-state index contributed by atoms with van der Waals surface area (Å²) in [7, 11) is 1.41. The first kappa shape index (κ1) is 15.8. The summed E-state index contributed by atoms with van der Waals surface area (Å²) in [6, 6.07) is 10.2. The van der Waals surface area contributed by atoms with Crippen molar-refractivity contribution in [2.45, 2.75) is 13.3 Å². The van der Waals surface area contributed by atoms with Gasteiger partial charge in [0.05, 0.1) is 13.5 Å². The lowest BCUT2D eigenvalue weighted by Gasteiger charge is -2.08.